The van der Waals surface area contributed by atoms with E-state index < -0.39 is 6.03 Å². The van der Waals surface area contributed by atoms with Gasteiger partial charge in [-0.1, -0.05) is 41.4 Å². The molecule has 2 aromatic carbocycles. The SMILES string of the molecule is CC(=NNC(=O)Nc1ccccc1)c1cc(Cl)cc(Cl)c1O. The second-order valence-electron chi connectivity index (χ2n) is 4.41. The van der Waals surface area contributed by atoms with Crippen molar-refractivity contribution in [1.82, 2.24) is 5.43 Å². The molecule has 0 aromatic heterocycles. The van der Waals surface area contributed by atoms with Gasteiger partial charge in [-0.2, -0.15) is 5.10 Å². The van der Waals surface area contributed by atoms with Crippen LogP contribution in [0.2, 0.25) is 10.0 Å². The van der Waals surface area contributed by atoms with E-state index in [0.717, 1.165) is 0 Å². The number of rotatable bonds is 3. The lowest BCUT2D eigenvalue weighted by molar-refractivity contribution is 0.252. The van der Waals surface area contributed by atoms with E-state index in [1.807, 2.05) is 6.07 Å². The van der Waals surface area contributed by atoms with Gasteiger partial charge < -0.3 is 10.4 Å². The molecule has 0 fully saturated rings. The van der Waals surface area contributed by atoms with Gasteiger partial charge in [0, 0.05) is 16.3 Å². The molecule has 7 heteroatoms. The molecule has 2 aromatic rings. The predicted molar refractivity (Wildman–Crippen MR) is 88.9 cm³/mol. The van der Waals surface area contributed by atoms with E-state index in [9.17, 15) is 9.90 Å². The number of amides is 2. The van der Waals surface area contributed by atoms with Crippen molar-refractivity contribution in [3.05, 3.63) is 58.1 Å². The third kappa shape index (κ3) is 4.13. The Morgan fingerprint density at radius 2 is 1.86 bits per heavy atom. The number of hydrogen-bond acceptors (Lipinski definition) is 3. The standard InChI is InChI=1S/C15H13Cl2N3O2/c1-9(12-7-10(16)8-13(17)14(12)21)19-20-15(22)18-11-5-3-2-4-6-11/h2-8,21H,1H3,(H2,18,20,22). The molecule has 0 saturated carbocycles. The van der Waals surface area contributed by atoms with Crippen molar-refractivity contribution in [1.29, 1.82) is 0 Å². The van der Waals surface area contributed by atoms with Crippen molar-refractivity contribution in [3.63, 3.8) is 0 Å². The first-order chi connectivity index (χ1) is 10.5. The third-order valence-electron chi connectivity index (χ3n) is 2.77. The number of benzene rings is 2. The number of anilines is 1. The van der Waals surface area contributed by atoms with E-state index in [4.69, 9.17) is 23.2 Å². The predicted octanol–water partition coefficient (Wildman–Crippen LogP) is 4.24. The molecule has 0 aliphatic carbocycles. The molecule has 22 heavy (non-hydrogen) atoms. The molecule has 3 N–H and O–H groups in total. The second-order valence-corrected chi connectivity index (χ2v) is 5.26. The quantitative estimate of drug-likeness (QED) is 0.578. The summed E-state index contributed by atoms with van der Waals surface area (Å²) in [5, 5.41) is 16.9. The van der Waals surface area contributed by atoms with Crippen LogP contribution in [0.3, 0.4) is 0 Å². The highest BCUT2D eigenvalue weighted by Gasteiger charge is 2.11. The van der Waals surface area contributed by atoms with Crippen LogP contribution >= 0.6 is 23.2 Å². The van der Waals surface area contributed by atoms with Crippen LogP contribution in [0.25, 0.3) is 0 Å². The summed E-state index contributed by atoms with van der Waals surface area (Å²) >= 11 is 11.7. The van der Waals surface area contributed by atoms with Crippen molar-refractivity contribution in [2.24, 2.45) is 5.10 Å². The summed E-state index contributed by atoms with van der Waals surface area (Å²) in [5.74, 6) is -0.141. The fourth-order valence-corrected chi connectivity index (χ4v) is 2.21. The molecule has 0 aliphatic heterocycles. The summed E-state index contributed by atoms with van der Waals surface area (Å²) in [4.78, 5) is 11.7. The third-order valence-corrected chi connectivity index (χ3v) is 3.28. The van der Waals surface area contributed by atoms with Crippen LogP contribution in [0.15, 0.2) is 47.6 Å². The Hall–Kier alpha value is -2.24. The zero-order chi connectivity index (χ0) is 16.1. The molecule has 2 amide bonds. The Balaban J connectivity index is 2.08. The number of hydrazone groups is 1. The van der Waals surface area contributed by atoms with E-state index >= 15 is 0 Å². The first kappa shape index (κ1) is 16.1. The number of nitrogens with one attached hydrogen (secondary N) is 2. The highest BCUT2D eigenvalue weighted by Crippen LogP contribution is 2.31. The Labute approximate surface area is 137 Å². The first-order valence-corrected chi connectivity index (χ1v) is 7.07. The van der Waals surface area contributed by atoms with Crippen LogP contribution in [-0.2, 0) is 0 Å². The highest BCUT2D eigenvalue weighted by atomic mass is 35.5. The van der Waals surface area contributed by atoms with Gasteiger partial charge in [0.1, 0.15) is 5.75 Å². The minimum atomic E-state index is -0.502. The van der Waals surface area contributed by atoms with Gasteiger partial charge in [0.25, 0.3) is 0 Å². The number of phenols is 1. The van der Waals surface area contributed by atoms with Crippen LogP contribution in [0.4, 0.5) is 10.5 Å². The minimum Gasteiger partial charge on any atom is -0.506 e. The largest absolute Gasteiger partial charge is 0.506 e. The molecule has 0 bridgehead atoms. The summed E-state index contributed by atoms with van der Waals surface area (Å²) < 4.78 is 0. The van der Waals surface area contributed by atoms with Gasteiger partial charge in [0.05, 0.1) is 10.7 Å². The maximum Gasteiger partial charge on any atom is 0.339 e. The number of nitrogens with zero attached hydrogens (tertiary/aromatic N) is 1. The zero-order valence-electron chi connectivity index (χ0n) is 11.6. The number of carbonyl (C=O) groups excluding carboxylic acids is 1. The molecule has 2 rings (SSSR count). The molecule has 114 valence electrons. The molecular weight excluding hydrogens is 325 g/mol. The van der Waals surface area contributed by atoms with Crippen molar-refractivity contribution in [2.45, 2.75) is 6.92 Å². The molecular formula is C15H13Cl2N3O2. The number of hydrogen-bond donors (Lipinski definition) is 3. The maximum atomic E-state index is 11.7. The molecule has 0 aliphatic rings. The van der Waals surface area contributed by atoms with E-state index in [1.165, 1.54) is 12.1 Å². The summed E-state index contributed by atoms with van der Waals surface area (Å²) in [6, 6.07) is 11.4. The van der Waals surface area contributed by atoms with Crippen molar-refractivity contribution < 1.29 is 9.90 Å². The van der Waals surface area contributed by atoms with Crippen LogP contribution in [-0.4, -0.2) is 16.8 Å². The number of phenolic OH excluding ortho intramolecular Hbond substituents is 1. The normalized spacial score (nSPS) is 11.1. The molecule has 0 spiro atoms. The summed E-state index contributed by atoms with van der Waals surface area (Å²) in [6.07, 6.45) is 0. The number of aromatic hydroxyl groups is 1. The van der Waals surface area contributed by atoms with Crippen molar-refractivity contribution in [3.8, 4) is 5.75 Å². The Bertz CT molecular complexity index is 718. The van der Waals surface area contributed by atoms with Crippen LogP contribution in [0.5, 0.6) is 5.75 Å². The van der Waals surface area contributed by atoms with Crippen LogP contribution < -0.4 is 10.7 Å². The lowest BCUT2D eigenvalue weighted by Crippen LogP contribution is -2.25. The minimum absolute atomic E-state index is 0.116. The fourth-order valence-electron chi connectivity index (χ4n) is 1.72. The van der Waals surface area contributed by atoms with Gasteiger partial charge in [0.15, 0.2) is 0 Å². The number of para-hydroxylation sites is 1. The fraction of sp³-hybridized carbons (Fsp3) is 0.0667. The number of urea groups is 1. The Morgan fingerprint density at radius 3 is 2.55 bits per heavy atom. The van der Waals surface area contributed by atoms with Crippen molar-refractivity contribution in [2.75, 3.05) is 5.32 Å². The molecule has 5 nitrogen and oxygen atoms in total. The maximum absolute atomic E-state index is 11.7. The Kier molecular flexibility index (Phi) is 5.25. The van der Waals surface area contributed by atoms with E-state index in [-0.39, 0.29) is 10.8 Å². The second kappa shape index (κ2) is 7.15. The molecule has 0 heterocycles. The summed E-state index contributed by atoms with van der Waals surface area (Å²) in [6.45, 7) is 1.62. The average molecular weight is 338 g/mol. The zero-order valence-corrected chi connectivity index (χ0v) is 13.1. The first-order valence-electron chi connectivity index (χ1n) is 6.32. The number of halogens is 2. The van der Waals surface area contributed by atoms with Crippen molar-refractivity contribution >= 4 is 40.6 Å². The smallest absolute Gasteiger partial charge is 0.339 e. The van der Waals surface area contributed by atoms with Gasteiger partial charge in [0.2, 0.25) is 0 Å². The van der Waals surface area contributed by atoms with Gasteiger partial charge >= 0.3 is 6.03 Å². The molecule has 0 atom stereocenters. The Morgan fingerprint density at radius 1 is 1.18 bits per heavy atom. The lowest BCUT2D eigenvalue weighted by Gasteiger charge is -2.08. The molecule has 0 radical (unpaired) electrons. The number of carbonyl (C=O) groups is 1. The van der Waals surface area contributed by atoms with Crippen LogP contribution in [0, 0.1) is 0 Å². The van der Waals surface area contributed by atoms with Gasteiger partial charge in [-0.05, 0) is 31.2 Å². The topological polar surface area (TPSA) is 73.7 Å². The summed E-state index contributed by atoms with van der Waals surface area (Å²) in [5.41, 5.74) is 3.69. The van der Waals surface area contributed by atoms with Crippen LogP contribution in [0.1, 0.15) is 12.5 Å². The molecule has 0 unspecified atom stereocenters. The molecule has 0 saturated heterocycles. The van der Waals surface area contributed by atoms with E-state index in [2.05, 4.69) is 15.8 Å². The summed E-state index contributed by atoms with van der Waals surface area (Å²) in [7, 11) is 0. The van der Waals surface area contributed by atoms with E-state index in [0.29, 0.717) is 22.0 Å². The monoisotopic (exact) mass is 337 g/mol. The van der Waals surface area contributed by atoms with Gasteiger partial charge in [-0.3, -0.25) is 0 Å². The highest BCUT2D eigenvalue weighted by molar-refractivity contribution is 6.36. The average Bonchev–Trinajstić information content (AvgIpc) is 2.49. The van der Waals surface area contributed by atoms with Gasteiger partial charge in [-0.25, -0.2) is 10.2 Å². The lowest BCUT2D eigenvalue weighted by atomic mass is 10.1. The van der Waals surface area contributed by atoms with E-state index in [1.54, 1.807) is 31.2 Å². The van der Waals surface area contributed by atoms with Gasteiger partial charge in [-0.15, -0.1) is 0 Å².